The summed E-state index contributed by atoms with van der Waals surface area (Å²) in [5, 5.41) is 14.3. The number of hydrogen-bond donors (Lipinski definition) is 1. The fourth-order valence-corrected chi connectivity index (χ4v) is 4.24. The summed E-state index contributed by atoms with van der Waals surface area (Å²) in [6.45, 7) is 3.20. The first-order valence-electron chi connectivity index (χ1n) is 11.5. The molecule has 1 aromatic heterocycles. The molecule has 1 fully saturated rings. The van der Waals surface area contributed by atoms with Crippen molar-refractivity contribution in [2.24, 2.45) is 4.99 Å². The lowest BCUT2D eigenvalue weighted by Gasteiger charge is -2.29. The monoisotopic (exact) mass is 523 g/mol. The summed E-state index contributed by atoms with van der Waals surface area (Å²) in [6, 6.07) is 5.58. The Hall–Kier alpha value is -4.01. The van der Waals surface area contributed by atoms with Crippen LogP contribution in [0.2, 0.25) is 0 Å². The van der Waals surface area contributed by atoms with Crippen LogP contribution in [0.5, 0.6) is 17.5 Å². The number of aromatic nitrogens is 2. The normalized spacial score (nSPS) is 21.3. The first kappa shape index (κ1) is 24.7. The Morgan fingerprint density at radius 3 is 2.70 bits per heavy atom. The highest BCUT2D eigenvalue weighted by atomic mass is 19.4. The average Bonchev–Trinajstić information content (AvgIpc) is 3.50. The topological polar surface area (TPSA) is 120 Å². The Bertz CT molecular complexity index is 1180. The van der Waals surface area contributed by atoms with Gasteiger partial charge in [0.2, 0.25) is 0 Å². The van der Waals surface area contributed by atoms with Crippen LogP contribution in [0.15, 0.2) is 47.7 Å². The molecule has 0 radical (unpaired) electrons. The number of amidine groups is 1. The lowest BCUT2D eigenvalue weighted by atomic mass is 10.3. The van der Waals surface area contributed by atoms with Crippen LogP contribution in [0, 0.1) is 10.1 Å². The number of likely N-dealkylation sites (tertiary alicyclic amines) is 1. The largest absolute Gasteiger partial charge is 0.573 e. The number of imidazole rings is 1. The van der Waals surface area contributed by atoms with Gasteiger partial charge in [-0.15, -0.1) is 13.2 Å². The maximum absolute atomic E-state index is 12.3. The second-order valence-electron chi connectivity index (χ2n) is 8.72. The highest BCUT2D eigenvalue weighted by Gasteiger charge is 2.31. The van der Waals surface area contributed by atoms with Crippen molar-refractivity contribution in [3.05, 3.63) is 52.9 Å². The predicted octanol–water partition coefficient (Wildman–Crippen LogP) is 2.34. The molecule has 0 amide bonds. The summed E-state index contributed by atoms with van der Waals surface area (Å²) in [5.74, 6) is 0.788. The van der Waals surface area contributed by atoms with Crippen LogP contribution in [0.3, 0.4) is 0 Å². The quantitative estimate of drug-likeness (QED) is 0.431. The Kier molecular flexibility index (Phi) is 6.78. The highest BCUT2D eigenvalue weighted by Crippen LogP contribution is 2.26. The van der Waals surface area contributed by atoms with E-state index in [1.54, 1.807) is 4.57 Å². The van der Waals surface area contributed by atoms with Crippen molar-refractivity contribution >= 4 is 11.7 Å². The molecule has 1 unspecified atom stereocenters. The first-order chi connectivity index (χ1) is 17.7. The van der Waals surface area contributed by atoms with E-state index in [0.717, 1.165) is 18.8 Å². The number of rotatable bonds is 7. The summed E-state index contributed by atoms with van der Waals surface area (Å²) >= 11 is 0. The SMILES string of the molecule is O=[N+]([O-])c1cn2c(n1)OC[C@@H](NCN1C=CC(N3CCC(Oc4ccc(OC(F)(F)F)cc4)C3)=NC1)C2. The third-order valence-corrected chi connectivity index (χ3v) is 6.01. The molecule has 3 aliphatic rings. The third-order valence-electron chi connectivity index (χ3n) is 6.01. The molecule has 0 spiro atoms. The molecule has 2 atom stereocenters. The molecule has 1 N–H and O–H groups in total. The molecule has 0 aliphatic carbocycles. The molecule has 198 valence electrons. The van der Waals surface area contributed by atoms with E-state index < -0.39 is 11.3 Å². The van der Waals surface area contributed by atoms with Gasteiger partial charge in [-0.05, 0) is 35.3 Å². The molecule has 0 saturated carbocycles. The van der Waals surface area contributed by atoms with Crippen molar-refractivity contribution in [2.45, 2.75) is 31.5 Å². The summed E-state index contributed by atoms with van der Waals surface area (Å²) in [6.07, 6.45) is 1.15. The minimum Gasteiger partial charge on any atom is -0.489 e. The van der Waals surface area contributed by atoms with Gasteiger partial charge in [0.1, 0.15) is 42.9 Å². The number of hydrogen-bond acceptors (Lipinski definition) is 10. The lowest BCUT2D eigenvalue weighted by Crippen LogP contribution is -2.46. The Morgan fingerprint density at radius 2 is 2.00 bits per heavy atom. The van der Waals surface area contributed by atoms with Crippen molar-refractivity contribution in [2.75, 3.05) is 33.0 Å². The van der Waals surface area contributed by atoms with Gasteiger partial charge in [-0.25, -0.2) is 4.99 Å². The van der Waals surface area contributed by atoms with Gasteiger partial charge < -0.3 is 34.1 Å². The summed E-state index contributed by atoms with van der Waals surface area (Å²) in [7, 11) is 0. The number of nitro groups is 1. The lowest BCUT2D eigenvalue weighted by molar-refractivity contribution is -0.389. The van der Waals surface area contributed by atoms with Crippen molar-refractivity contribution in [3.8, 4) is 17.5 Å². The minimum absolute atomic E-state index is 0.0364. The molecule has 4 heterocycles. The fourth-order valence-electron chi connectivity index (χ4n) is 4.24. The number of nitrogens with one attached hydrogen (secondary N) is 1. The molecule has 0 bridgehead atoms. The number of fused-ring (bicyclic) bond motifs is 1. The fraction of sp³-hybridized carbons (Fsp3) is 0.455. The summed E-state index contributed by atoms with van der Waals surface area (Å²) < 4.78 is 53.9. The van der Waals surface area contributed by atoms with E-state index in [1.165, 1.54) is 30.5 Å². The minimum atomic E-state index is -4.73. The van der Waals surface area contributed by atoms with Gasteiger partial charge in [-0.2, -0.15) is 0 Å². The van der Waals surface area contributed by atoms with Crippen LogP contribution in [0.4, 0.5) is 19.0 Å². The number of ether oxygens (including phenoxy) is 3. The van der Waals surface area contributed by atoms with Crippen LogP contribution in [0.25, 0.3) is 0 Å². The van der Waals surface area contributed by atoms with E-state index in [1.807, 2.05) is 17.2 Å². The molecule has 15 heteroatoms. The molecule has 2 aromatic rings. The highest BCUT2D eigenvalue weighted by molar-refractivity contribution is 5.93. The van der Waals surface area contributed by atoms with Gasteiger partial charge >= 0.3 is 18.2 Å². The molecule has 3 aliphatic heterocycles. The van der Waals surface area contributed by atoms with Crippen LogP contribution in [-0.2, 0) is 6.54 Å². The summed E-state index contributed by atoms with van der Waals surface area (Å²) in [4.78, 5) is 22.9. The molecule has 1 aromatic carbocycles. The Labute approximate surface area is 209 Å². The van der Waals surface area contributed by atoms with Crippen molar-refractivity contribution < 1.29 is 32.3 Å². The van der Waals surface area contributed by atoms with Gasteiger partial charge in [0.05, 0.1) is 19.3 Å². The number of aliphatic imine (C=N–C) groups is 1. The van der Waals surface area contributed by atoms with Gasteiger partial charge in [0, 0.05) is 30.7 Å². The van der Waals surface area contributed by atoms with Crippen LogP contribution in [-0.4, -0.2) is 81.7 Å². The van der Waals surface area contributed by atoms with E-state index >= 15 is 0 Å². The zero-order valence-electron chi connectivity index (χ0n) is 19.5. The van der Waals surface area contributed by atoms with Crippen LogP contribution in [0.1, 0.15) is 6.42 Å². The van der Waals surface area contributed by atoms with E-state index in [9.17, 15) is 23.3 Å². The van der Waals surface area contributed by atoms with Gasteiger partial charge in [-0.1, -0.05) is 0 Å². The average molecular weight is 523 g/mol. The summed E-state index contributed by atoms with van der Waals surface area (Å²) in [5.41, 5.74) is 0. The zero-order valence-corrected chi connectivity index (χ0v) is 19.5. The molecular weight excluding hydrogens is 499 g/mol. The van der Waals surface area contributed by atoms with Crippen LogP contribution >= 0.6 is 0 Å². The van der Waals surface area contributed by atoms with Crippen molar-refractivity contribution in [1.82, 2.24) is 24.7 Å². The van der Waals surface area contributed by atoms with Crippen LogP contribution < -0.4 is 19.5 Å². The van der Waals surface area contributed by atoms with Gasteiger partial charge in [-0.3, -0.25) is 9.88 Å². The smallest absolute Gasteiger partial charge is 0.489 e. The van der Waals surface area contributed by atoms with Crippen molar-refractivity contribution in [1.29, 1.82) is 0 Å². The number of alkyl halides is 3. The van der Waals surface area contributed by atoms with Gasteiger partial charge in [0.25, 0.3) is 0 Å². The standard InChI is InChI=1S/C22H24F3N7O5/c23-22(24,25)37-17-3-1-16(2-4-17)36-18-5-8-30(10-18)19-6-7-29(14-27-19)13-26-15-9-31-11-20(32(33)34)28-21(31)35-12-15/h1-4,6-7,11,15,18,26H,5,8-10,12-14H2/t15-,18?/m0/s1. The first-order valence-corrected chi connectivity index (χ1v) is 11.5. The molecule has 37 heavy (non-hydrogen) atoms. The maximum Gasteiger partial charge on any atom is 0.573 e. The van der Waals surface area contributed by atoms with E-state index in [2.05, 4.69) is 24.9 Å². The number of benzene rings is 1. The molecular formula is C22H24F3N7O5. The third kappa shape index (κ3) is 6.22. The molecule has 12 nitrogen and oxygen atoms in total. The molecule has 5 rings (SSSR count). The zero-order chi connectivity index (χ0) is 26.0. The second kappa shape index (κ2) is 10.2. The maximum atomic E-state index is 12.3. The number of halogens is 3. The second-order valence-corrected chi connectivity index (χ2v) is 8.72. The van der Waals surface area contributed by atoms with E-state index in [0.29, 0.717) is 38.8 Å². The number of nitrogens with zero attached hydrogens (tertiary/aromatic N) is 6. The Morgan fingerprint density at radius 1 is 1.22 bits per heavy atom. The Balaban J connectivity index is 1.05. The van der Waals surface area contributed by atoms with E-state index in [-0.39, 0.29) is 29.7 Å². The van der Waals surface area contributed by atoms with E-state index in [4.69, 9.17) is 9.47 Å². The van der Waals surface area contributed by atoms with Crippen molar-refractivity contribution in [3.63, 3.8) is 0 Å². The predicted molar refractivity (Wildman–Crippen MR) is 123 cm³/mol. The van der Waals surface area contributed by atoms with Gasteiger partial charge in [0.15, 0.2) is 0 Å². The molecule has 1 saturated heterocycles.